The molecule has 0 saturated carbocycles. The highest BCUT2D eigenvalue weighted by Gasteiger charge is 2.40. The Bertz CT molecular complexity index is 1900. The van der Waals surface area contributed by atoms with Crippen LogP contribution < -0.4 is 19.3 Å². The molecule has 0 spiro atoms. The number of sulfonamides is 1. The third kappa shape index (κ3) is 5.93. The maximum Gasteiger partial charge on any atom is 0.262 e. The first kappa shape index (κ1) is 29.5. The van der Waals surface area contributed by atoms with Gasteiger partial charge in [0.2, 0.25) is 0 Å². The lowest BCUT2D eigenvalue weighted by Crippen LogP contribution is -2.49. The molecular formula is C35H30BrN3O4S. The first-order chi connectivity index (χ1) is 21.2. The molecule has 1 aliphatic rings. The van der Waals surface area contributed by atoms with Crippen molar-refractivity contribution in [1.82, 2.24) is 0 Å². The number of rotatable bonds is 8. The second kappa shape index (κ2) is 12.2. The van der Waals surface area contributed by atoms with Crippen molar-refractivity contribution in [3.63, 3.8) is 0 Å². The molecule has 7 nitrogen and oxygen atoms in total. The number of nitrogens with zero attached hydrogens (tertiary/aromatic N) is 2. The van der Waals surface area contributed by atoms with Crippen molar-refractivity contribution in [2.75, 3.05) is 21.6 Å². The minimum absolute atomic E-state index is 0.00831. The number of halogens is 1. The fourth-order valence-electron chi connectivity index (χ4n) is 5.37. The van der Waals surface area contributed by atoms with Crippen LogP contribution in [0, 0.1) is 6.92 Å². The van der Waals surface area contributed by atoms with Crippen LogP contribution in [0.2, 0.25) is 0 Å². The molecule has 9 heteroatoms. The first-order valence-electron chi connectivity index (χ1n) is 14.0. The summed E-state index contributed by atoms with van der Waals surface area (Å²) in [5, 5.41) is 0. The summed E-state index contributed by atoms with van der Waals surface area (Å²) in [6.45, 7) is 2.48. The van der Waals surface area contributed by atoms with Crippen molar-refractivity contribution >= 4 is 48.9 Å². The van der Waals surface area contributed by atoms with Crippen molar-refractivity contribution in [1.29, 1.82) is 0 Å². The van der Waals surface area contributed by atoms with Crippen molar-refractivity contribution in [2.24, 2.45) is 0 Å². The van der Waals surface area contributed by atoms with Crippen LogP contribution in [0.15, 0.2) is 131 Å². The molecule has 1 heterocycles. The van der Waals surface area contributed by atoms with Crippen LogP contribution in [0.5, 0.6) is 5.75 Å². The Morgan fingerprint density at radius 2 is 1.52 bits per heavy atom. The molecule has 44 heavy (non-hydrogen) atoms. The highest BCUT2D eigenvalue weighted by Crippen LogP contribution is 2.43. The molecule has 222 valence electrons. The number of ether oxygens (including phenoxy) is 1. The second-order valence-corrected chi connectivity index (χ2v) is 13.2. The Hall–Kier alpha value is -4.60. The normalized spacial score (nSPS) is 14.7. The van der Waals surface area contributed by atoms with Crippen LogP contribution in [0.25, 0.3) is 0 Å². The molecule has 0 aliphatic carbocycles. The molecule has 1 aliphatic heterocycles. The van der Waals surface area contributed by atoms with E-state index in [4.69, 9.17) is 4.74 Å². The standard InChI is InChI=1S/C35H30BrN3O4S/c1-24-8-16-29(17-9-24)39-34(26-10-12-27(36)13-11-26)38(23-25-6-4-3-5-7-25)33-21-20-31(22-32(33)35(39)40)44(41,42)37-28-14-18-30(43-2)19-15-28/h3-22,34,37H,23H2,1-2H3/t34-/m1/s1. The summed E-state index contributed by atoms with van der Waals surface area (Å²) in [7, 11) is -2.46. The van der Waals surface area contributed by atoms with Gasteiger partial charge in [-0.05, 0) is 84.8 Å². The SMILES string of the molecule is COc1ccc(NS(=O)(=O)c2ccc3c(c2)C(=O)N(c2ccc(C)cc2)[C@H](c2ccc(Br)cc2)N3Cc2ccccc2)cc1. The molecule has 0 unspecified atom stereocenters. The molecule has 0 aromatic heterocycles. The lowest BCUT2D eigenvalue weighted by atomic mass is 9.99. The van der Waals surface area contributed by atoms with Crippen molar-refractivity contribution < 1.29 is 17.9 Å². The predicted octanol–water partition coefficient (Wildman–Crippen LogP) is 7.93. The van der Waals surface area contributed by atoms with E-state index in [-0.39, 0.29) is 10.8 Å². The first-order valence-corrected chi connectivity index (χ1v) is 16.3. The largest absolute Gasteiger partial charge is 0.497 e. The van der Waals surface area contributed by atoms with Crippen LogP contribution in [0.3, 0.4) is 0 Å². The monoisotopic (exact) mass is 667 g/mol. The average Bonchev–Trinajstić information content (AvgIpc) is 3.04. The van der Waals surface area contributed by atoms with E-state index in [0.29, 0.717) is 34.9 Å². The van der Waals surface area contributed by atoms with Gasteiger partial charge in [0, 0.05) is 22.4 Å². The molecule has 0 bridgehead atoms. The fraction of sp³-hybridized carbons (Fsp3) is 0.114. The minimum atomic E-state index is -4.01. The van der Waals surface area contributed by atoms with Gasteiger partial charge in [0.05, 0.1) is 23.3 Å². The van der Waals surface area contributed by atoms with E-state index in [9.17, 15) is 13.2 Å². The van der Waals surface area contributed by atoms with Crippen molar-refractivity contribution in [3.8, 4) is 5.75 Å². The van der Waals surface area contributed by atoms with Crippen LogP contribution in [0.1, 0.15) is 33.2 Å². The highest BCUT2D eigenvalue weighted by atomic mass is 79.9. The van der Waals surface area contributed by atoms with Crippen molar-refractivity contribution in [2.45, 2.75) is 24.5 Å². The zero-order valence-electron chi connectivity index (χ0n) is 24.1. The average molecular weight is 669 g/mol. The van der Waals surface area contributed by atoms with Crippen LogP contribution in [0.4, 0.5) is 17.1 Å². The van der Waals surface area contributed by atoms with Gasteiger partial charge >= 0.3 is 0 Å². The van der Waals surface area contributed by atoms with Crippen LogP contribution in [-0.2, 0) is 16.6 Å². The van der Waals surface area contributed by atoms with E-state index in [1.165, 1.54) is 6.07 Å². The van der Waals surface area contributed by atoms with Gasteiger partial charge in [-0.1, -0.05) is 76.1 Å². The van der Waals surface area contributed by atoms with E-state index in [1.807, 2.05) is 85.8 Å². The number of carbonyl (C=O) groups excluding carboxylic acids is 1. The number of anilines is 3. The van der Waals surface area contributed by atoms with Crippen LogP contribution in [-0.4, -0.2) is 21.4 Å². The second-order valence-electron chi connectivity index (χ2n) is 10.6. The molecule has 0 saturated heterocycles. The van der Waals surface area contributed by atoms with Gasteiger partial charge in [0.15, 0.2) is 0 Å². The lowest BCUT2D eigenvalue weighted by Gasteiger charge is -2.46. The lowest BCUT2D eigenvalue weighted by molar-refractivity contribution is 0.0968. The molecule has 0 fully saturated rings. The number of methoxy groups -OCH3 is 1. The number of hydrogen-bond acceptors (Lipinski definition) is 5. The summed E-state index contributed by atoms with van der Waals surface area (Å²) in [5.74, 6) is 0.324. The number of benzene rings is 5. The zero-order chi connectivity index (χ0) is 30.8. The smallest absolute Gasteiger partial charge is 0.262 e. The number of nitrogens with one attached hydrogen (secondary N) is 1. The van der Waals surface area contributed by atoms with Gasteiger partial charge in [-0.2, -0.15) is 0 Å². The molecule has 5 aromatic rings. The van der Waals surface area contributed by atoms with E-state index in [2.05, 4.69) is 25.6 Å². The quantitative estimate of drug-likeness (QED) is 0.182. The van der Waals surface area contributed by atoms with Gasteiger partial charge in [0.25, 0.3) is 15.9 Å². The van der Waals surface area contributed by atoms with Gasteiger partial charge < -0.3 is 9.64 Å². The summed E-state index contributed by atoms with van der Waals surface area (Å²) in [4.78, 5) is 18.4. The predicted molar refractivity (Wildman–Crippen MR) is 178 cm³/mol. The highest BCUT2D eigenvalue weighted by molar-refractivity contribution is 9.10. The van der Waals surface area contributed by atoms with E-state index in [1.54, 1.807) is 48.4 Å². The van der Waals surface area contributed by atoms with E-state index < -0.39 is 16.2 Å². The molecule has 1 N–H and O–H groups in total. The Morgan fingerprint density at radius 1 is 0.841 bits per heavy atom. The minimum Gasteiger partial charge on any atom is -0.497 e. The van der Waals surface area contributed by atoms with E-state index >= 15 is 0 Å². The number of hydrogen-bond donors (Lipinski definition) is 1. The van der Waals surface area contributed by atoms with Gasteiger partial charge in [-0.15, -0.1) is 0 Å². The topological polar surface area (TPSA) is 78.9 Å². The summed E-state index contributed by atoms with van der Waals surface area (Å²) < 4.78 is 35.8. The molecule has 1 atom stereocenters. The Morgan fingerprint density at radius 3 is 2.18 bits per heavy atom. The molecule has 1 amide bonds. The molecular weight excluding hydrogens is 638 g/mol. The van der Waals surface area contributed by atoms with Gasteiger partial charge in [0.1, 0.15) is 11.9 Å². The Kier molecular flexibility index (Phi) is 8.16. The number of fused-ring (bicyclic) bond motifs is 1. The fourth-order valence-corrected chi connectivity index (χ4v) is 6.72. The van der Waals surface area contributed by atoms with E-state index in [0.717, 1.165) is 21.2 Å². The Balaban J connectivity index is 1.50. The zero-order valence-corrected chi connectivity index (χ0v) is 26.5. The third-order valence-corrected chi connectivity index (χ3v) is 9.50. The molecule has 5 aromatic carbocycles. The van der Waals surface area contributed by atoms with Crippen molar-refractivity contribution in [3.05, 3.63) is 148 Å². The summed E-state index contributed by atoms with van der Waals surface area (Å²) in [6, 6.07) is 37.1. The summed E-state index contributed by atoms with van der Waals surface area (Å²) in [5.41, 5.74) is 5.08. The van der Waals surface area contributed by atoms with Gasteiger partial charge in [-0.3, -0.25) is 14.4 Å². The summed E-state index contributed by atoms with van der Waals surface area (Å²) >= 11 is 3.54. The van der Waals surface area contributed by atoms with Crippen LogP contribution >= 0.6 is 15.9 Å². The number of aryl methyl sites for hydroxylation is 1. The maximum atomic E-state index is 14.5. The van der Waals surface area contributed by atoms with Gasteiger partial charge in [-0.25, -0.2) is 8.42 Å². The summed E-state index contributed by atoms with van der Waals surface area (Å²) in [6.07, 6.45) is -0.495. The molecule has 0 radical (unpaired) electrons. The third-order valence-electron chi connectivity index (χ3n) is 7.60. The number of carbonyl (C=O) groups is 1. The number of amides is 1. The maximum absolute atomic E-state index is 14.5. The Labute approximate surface area is 265 Å². The molecule has 6 rings (SSSR count).